The standard InChI is InChI=1S/C10H7F2N3O3.C4H4S/c1-4(16)13-9-14-5-2-7-8(3-6(5)15-9)18-10(11,12)17-7;1-2-4-5-3-1/h2-3H,1H3,(H2,13,14,15,16);1-4H. The first-order valence-electron chi connectivity index (χ1n) is 6.47. The average molecular weight is 339 g/mol. The number of imidazole rings is 1. The number of rotatable bonds is 1. The topological polar surface area (TPSA) is 76.2 Å². The monoisotopic (exact) mass is 339 g/mol. The molecule has 23 heavy (non-hydrogen) atoms. The van der Waals surface area contributed by atoms with Gasteiger partial charge in [-0.1, -0.05) is 12.1 Å². The molecule has 3 aromatic rings. The van der Waals surface area contributed by atoms with Gasteiger partial charge in [0.25, 0.3) is 0 Å². The van der Waals surface area contributed by atoms with E-state index in [0.29, 0.717) is 11.0 Å². The number of amides is 1. The van der Waals surface area contributed by atoms with Gasteiger partial charge in [-0.05, 0) is 10.8 Å². The summed E-state index contributed by atoms with van der Waals surface area (Å²) in [5.74, 6) is -0.229. The number of H-pyrrole nitrogens is 1. The van der Waals surface area contributed by atoms with Crippen LogP contribution in [0.25, 0.3) is 11.0 Å². The molecule has 0 unspecified atom stereocenters. The van der Waals surface area contributed by atoms with Crippen LogP contribution in [0, 0.1) is 0 Å². The Morgan fingerprint density at radius 1 is 1.26 bits per heavy atom. The Morgan fingerprint density at radius 2 is 1.91 bits per heavy atom. The number of carbonyl (C=O) groups excluding carboxylic acids is 1. The minimum absolute atomic E-state index is 0.0782. The van der Waals surface area contributed by atoms with Crippen molar-refractivity contribution in [2.24, 2.45) is 0 Å². The molecule has 0 bridgehead atoms. The Bertz CT molecular complexity index is 771. The molecule has 2 N–H and O–H groups in total. The van der Waals surface area contributed by atoms with Gasteiger partial charge < -0.3 is 14.5 Å². The number of hydrogen-bond donors (Lipinski definition) is 2. The molecule has 0 atom stereocenters. The van der Waals surface area contributed by atoms with Crippen LogP contribution >= 0.6 is 11.3 Å². The number of fused-ring (bicyclic) bond motifs is 2. The number of benzene rings is 1. The number of ether oxygens (including phenoxy) is 2. The quantitative estimate of drug-likeness (QED) is 0.710. The summed E-state index contributed by atoms with van der Waals surface area (Å²) < 4.78 is 34.2. The van der Waals surface area contributed by atoms with Gasteiger partial charge in [-0.15, -0.1) is 8.78 Å². The highest BCUT2D eigenvalue weighted by Gasteiger charge is 2.43. The van der Waals surface area contributed by atoms with Crippen LogP contribution in [-0.4, -0.2) is 22.2 Å². The van der Waals surface area contributed by atoms with Crippen LogP contribution in [0.3, 0.4) is 0 Å². The third-order valence-electron chi connectivity index (χ3n) is 2.72. The number of thiophene rings is 1. The molecule has 120 valence electrons. The molecule has 4 rings (SSSR count). The summed E-state index contributed by atoms with van der Waals surface area (Å²) in [5, 5.41) is 6.53. The number of nitrogens with zero attached hydrogens (tertiary/aromatic N) is 1. The summed E-state index contributed by atoms with van der Waals surface area (Å²) in [6.07, 6.45) is -3.65. The summed E-state index contributed by atoms with van der Waals surface area (Å²) in [4.78, 5) is 17.6. The number of alkyl halides is 2. The molecular weight excluding hydrogens is 328 g/mol. The van der Waals surface area contributed by atoms with Crippen molar-refractivity contribution in [2.45, 2.75) is 13.2 Å². The predicted molar refractivity (Wildman–Crippen MR) is 80.9 cm³/mol. The van der Waals surface area contributed by atoms with Crippen molar-refractivity contribution in [3.05, 3.63) is 35.0 Å². The lowest BCUT2D eigenvalue weighted by Crippen LogP contribution is -2.25. The van der Waals surface area contributed by atoms with Gasteiger partial charge in [0, 0.05) is 19.1 Å². The highest BCUT2D eigenvalue weighted by molar-refractivity contribution is 7.07. The predicted octanol–water partition coefficient (Wildman–Crippen LogP) is 3.59. The average Bonchev–Trinajstić information content (AvgIpc) is 3.13. The van der Waals surface area contributed by atoms with Crippen molar-refractivity contribution in [1.82, 2.24) is 9.97 Å². The van der Waals surface area contributed by atoms with E-state index in [9.17, 15) is 13.6 Å². The van der Waals surface area contributed by atoms with E-state index in [1.165, 1.54) is 19.1 Å². The van der Waals surface area contributed by atoms with Gasteiger partial charge >= 0.3 is 6.29 Å². The zero-order chi connectivity index (χ0) is 16.4. The van der Waals surface area contributed by atoms with Crippen molar-refractivity contribution in [1.29, 1.82) is 0 Å². The van der Waals surface area contributed by atoms with E-state index < -0.39 is 6.29 Å². The Hall–Kier alpha value is -2.68. The fraction of sp³-hybridized carbons (Fsp3) is 0.143. The Kier molecular flexibility index (Phi) is 3.87. The molecule has 0 saturated carbocycles. The highest BCUT2D eigenvalue weighted by atomic mass is 32.1. The molecule has 9 heteroatoms. The van der Waals surface area contributed by atoms with Gasteiger partial charge in [0.05, 0.1) is 11.0 Å². The number of aromatic amines is 1. The van der Waals surface area contributed by atoms with Crippen LogP contribution in [-0.2, 0) is 4.79 Å². The molecule has 6 nitrogen and oxygen atoms in total. The van der Waals surface area contributed by atoms with Crippen molar-refractivity contribution in [3.63, 3.8) is 0 Å². The molecule has 1 amide bonds. The SMILES string of the molecule is CC(=O)Nc1nc2cc3c(cc2[nH]1)OC(F)(F)O3.c1ccsc1. The molecule has 2 aromatic heterocycles. The van der Waals surface area contributed by atoms with Gasteiger partial charge in [0.15, 0.2) is 11.5 Å². The van der Waals surface area contributed by atoms with Crippen molar-refractivity contribution in [3.8, 4) is 11.5 Å². The molecular formula is C14H11F2N3O3S. The van der Waals surface area contributed by atoms with Gasteiger partial charge in [-0.3, -0.25) is 10.1 Å². The lowest BCUT2D eigenvalue weighted by atomic mass is 10.3. The zero-order valence-corrected chi connectivity index (χ0v) is 12.6. The van der Waals surface area contributed by atoms with Gasteiger partial charge in [0.2, 0.25) is 11.9 Å². The van der Waals surface area contributed by atoms with Crippen molar-refractivity contribution in [2.75, 3.05) is 5.32 Å². The molecule has 0 spiro atoms. The first-order valence-corrected chi connectivity index (χ1v) is 7.41. The van der Waals surface area contributed by atoms with E-state index >= 15 is 0 Å². The smallest absolute Gasteiger partial charge is 0.395 e. The molecule has 3 heterocycles. The van der Waals surface area contributed by atoms with Crippen LogP contribution < -0.4 is 14.8 Å². The molecule has 1 aliphatic heterocycles. The van der Waals surface area contributed by atoms with Gasteiger partial charge in [0.1, 0.15) is 0 Å². The first kappa shape index (κ1) is 15.2. The lowest BCUT2D eigenvalue weighted by molar-refractivity contribution is -0.286. The summed E-state index contributed by atoms with van der Waals surface area (Å²) in [7, 11) is 0. The van der Waals surface area contributed by atoms with Crippen LogP contribution in [0.15, 0.2) is 35.0 Å². The number of carbonyl (C=O) groups is 1. The third kappa shape index (κ3) is 3.57. The number of halogens is 2. The molecule has 0 fully saturated rings. The van der Waals surface area contributed by atoms with E-state index in [2.05, 4.69) is 24.8 Å². The van der Waals surface area contributed by atoms with Gasteiger partial charge in [-0.25, -0.2) is 4.98 Å². The number of anilines is 1. The van der Waals surface area contributed by atoms with Crippen LogP contribution in [0.2, 0.25) is 0 Å². The molecule has 1 aromatic carbocycles. The first-order chi connectivity index (χ1) is 10.9. The second-order valence-electron chi connectivity index (χ2n) is 4.54. The summed E-state index contributed by atoms with van der Waals surface area (Å²) in [6.45, 7) is 1.33. The van der Waals surface area contributed by atoms with Crippen LogP contribution in [0.4, 0.5) is 14.7 Å². The Balaban J connectivity index is 0.000000267. The fourth-order valence-electron chi connectivity index (χ4n) is 1.91. The third-order valence-corrected chi connectivity index (χ3v) is 3.35. The van der Waals surface area contributed by atoms with E-state index in [4.69, 9.17) is 0 Å². The Labute approximate surface area is 133 Å². The molecule has 0 aliphatic carbocycles. The minimum atomic E-state index is -3.65. The lowest BCUT2D eigenvalue weighted by Gasteiger charge is -2.04. The van der Waals surface area contributed by atoms with Crippen molar-refractivity contribution < 1.29 is 23.0 Å². The maximum Gasteiger partial charge on any atom is 0.586 e. The summed E-state index contributed by atoms with van der Waals surface area (Å²) in [6, 6.07) is 6.69. The summed E-state index contributed by atoms with van der Waals surface area (Å²) in [5.41, 5.74) is 0.845. The van der Waals surface area contributed by atoms with E-state index in [1.807, 2.05) is 22.9 Å². The number of nitrogens with one attached hydrogen (secondary N) is 2. The normalized spacial score (nSPS) is 14.2. The second-order valence-corrected chi connectivity index (χ2v) is 5.36. The molecule has 0 saturated heterocycles. The maximum atomic E-state index is 12.8. The largest absolute Gasteiger partial charge is 0.586 e. The van der Waals surface area contributed by atoms with E-state index in [-0.39, 0.29) is 23.4 Å². The highest BCUT2D eigenvalue weighted by Crippen LogP contribution is 2.42. The molecule has 0 radical (unpaired) electrons. The van der Waals surface area contributed by atoms with Crippen LogP contribution in [0.1, 0.15) is 6.92 Å². The zero-order valence-electron chi connectivity index (χ0n) is 11.8. The number of hydrogen-bond acceptors (Lipinski definition) is 5. The fourth-order valence-corrected chi connectivity index (χ4v) is 2.36. The van der Waals surface area contributed by atoms with Gasteiger partial charge in [-0.2, -0.15) is 11.3 Å². The second kappa shape index (κ2) is 5.84. The molecule has 1 aliphatic rings. The van der Waals surface area contributed by atoms with E-state index in [0.717, 1.165) is 0 Å². The van der Waals surface area contributed by atoms with Crippen molar-refractivity contribution >= 4 is 34.2 Å². The van der Waals surface area contributed by atoms with Crippen LogP contribution in [0.5, 0.6) is 11.5 Å². The summed E-state index contributed by atoms with van der Waals surface area (Å²) >= 11 is 1.71. The Morgan fingerprint density at radius 3 is 2.48 bits per heavy atom. The minimum Gasteiger partial charge on any atom is -0.395 e. The van der Waals surface area contributed by atoms with E-state index in [1.54, 1.807) is 11.3 Å². The maximum absolute atomic E-state index is 12.8. The number of aromatic nitrogens is 2.